The molecule has 3 aromatic carbocycles. The Kier molecular flexibility index (Phi) is 7.49. The first-order valence-corrected chi connectivity index (χ1v) is 11.5. The van der Waals surface area contributed by atoms with Crippen molar-refractivity contribution >= 4 is 40.8 Å². The van der Waals surface area contributed by atoms with Gasteiger partial charge in [0.1, 0.15) is 11.6 Å². The van der Waals surface area contributed by atoms with E-state index >= 15 is 0 Å². The maximum absolute atomic E-state index is 13.0. The number of carbonyl (C=O) groups is 2. The van der Waals surface area contributed by atoms with Crippen molar-refractivity contribution in [3.05, 3.63) is 120 Å². The zero-order chi connectivity index (χ0) is 26.4. The summed E-state index contributed by atoms with van der Waals surface area (Å²) in [5.74, 6) is 0.246. The minimum Gasteiger partial charge on any atom is -0.467 e. The minimum atomic E-state index is -0.405. The number of amides is 2. The van der Waals surface area contributed by atoms with E-state index in [1.54, 1.807) is 78.9 Å². The van der Waals surface area contributed by atoms with Gasteiger partial charge in [-0.15, -0.1) is 0 Å². The molecule has 0 aliphatic rings. The third-order valence-electron chi connectivity index (χ3n) is 5.72. The number of nitrogen functional groups attached to an aromatic ring is 1. The van der Waals surface area contributed by atoms with Crippen LogP contribution >= 0.6 is 0 Å². The third kappa shape index (κ3) is 6.12. The highest BCUT2D eigenvalue weighted by Gasteiger charge is 2.16. The van der Waals surface area contributed by atoms with Crippen LogP contribution in [0.1, 0.15) is 37.6 Å². The molecule has 0 radical (unpaired) electrons. The average Bonchev–Trinajstić information content (AvgIpc) is 3.42. The number of hydrogen-bond donors (Lipinski definition) is 4. The molecule has 2 amide bonds. The summed E-state index contributed by atoms with van der Waals surface area (Å²) in [6.07, 6.45) is 3.31. The SMILES string of the molecule is C=Cc1ccc(NC(=O)c2cc(N)ccc2NC(=O)c2ccc(C(=N)N(C)Cc3ccco3)cc2)cc1. The lowest BCUT2D eigenvalue weighted by Gasteiger charge is -2.19. The smallest absolute Gasteiger partial charge is 0.257 e. The molecule has 4 aromatic rings. The number of hydrogen-bond acceptors (Lipinski definition) is 5. The number of nitrogens with zero attached hydrogens (tertiary/aromatic N) is 1. The first-order chi connectivity index (χ1) is 17.8. The molecule has 4 rings (SSSR count). The molecule has 0 aliphatic heterocycles. The van der Waals surface area contributed by atoms with E-state index in [4.69, 9.17) is 15.6 Å². The number of nitrogens with two attached hydrogens (primary N) is 1. The number of amidine groups is 1. The molecule has 0 spiro atoms. The summed E-state index contributed by atoms with van der Waals surface area (Å²) in [5, 5.41) is 14.0. The zero-order valence-corrected chi connectivity index (χ0v) is 20.3. The van der Waals surface area contributed by atoms with E-state index in [9.17, 15) is 9.59 Å². The predicted octanol–water partition coefficient (Wildman–Crippen LogP) is 5.47. The number of furan rings is 1. The molecular formula is C29H27N5O3. The monoisotopic (exact) mass is 493 g/mol. The Balaban J connectivity index is 1.45. The second kappa shape index (κ2) is 11.1. The molecule has 0 saturated carbocycles. The number of benzene rings is 3. The molecule has 5 N–H and O–H groups in total. The van der Waals surface area contributed by atoms with Gasteiger partial charge in [-0.1, -0.05) is 36.9 Å². The van der Waals surface area contributed by atoms with E-state index in [-0.39, 0.29) is 5.56 Å². The van der Waals surface area contributed by atoms with E-state index in [2.05, 4.69) is 17.2 Å². The van der Waals surface area contributed by atoms with Crippen molar-refractivity contribution in [2.45, 2.75) is 6.54 Å². The van der Waals surface area contributed by atoms with Crippen molar-refractivity contribution in [1.82, 2.24) is 4.90 Å². The van der Waals surface area contributed by atoms with Gasteiger partial charge in [-0.3, -0.25) is 15.0 Å². The van der Waals surface area contributed by atoms with Crippen LogP contribution in [-0.4, -0.2) is 29.6 Å². The lowest BCUT2D eigenvalue weighted by molar-refractivity contribution is 0.102. The topological polar surface area (TPSA) is 124 Å². The average molecular weight is 494 g/mol. The summed E-state index contributed by atoms with van der Waals surface area (Å²) < 4.78 is 5.34. The number of anilines is 3. The fraction of sp³-hybridized carbons (Fsp3) is 0.0690. The quantitative estimate of drug-likeness (QED) is 0.147. The first-order valence-electron chi connectivity index (χ1n) is 11.5. The Morgan fingerprint density at radius 1 is 0.973 bits per heavy atom. The van der Waals surface area contributed by atoms with Crippen molar-refractivity contribution in [3.8, 4) is 0 Å². The highest BCUT2D eigenvalue weighted by molar-refractivity contribution is 6.13. The van der Waals surface area contributed by atoms with Crippen LogP contribution in [0.15, 0.2) is 96.1 Å². The van der Waals surface area contributed by atoms with Crippen molar-refractivity contribution in [2.24, 2.45) is 0 Å². The molecule has 8 heteroatoms. The molecule has 0 bridgehead atoms. The molecule has 0 atom stereocenters. The van der Waals surface area contributed by atoms with Crippen LogP contribution in [0.4, 0.5) is 17.1 Å². The minimum absolute atomic E-state index is 0.235. The van der Waals surface area contributed by atoms with Crippen LogP contribution < -0.4 is 16.4 Å². The van der Waals surface area contributed by atoms with Crippen molar-refractivity contribution in [3.63, 3.8) is 0 Å². The van der Waals surface area contributed by atoms with E-state index in [0.29, 0.717) is 40.6 Å². The third-order valence-corrected chi connectivity index (χ3v) is 5.72. The van der Waals surface area contributed by atoms with Crippen LogP contribution in [0.2, 0.25) is 0 Å². The molecule has 8 nitrogen and oxygen atoms in total. The largest absolute Gasteiger partial charge is 0.467 e. The highest BCUT2D eigenvalue weighted by Crippen LogP contribution is 2.22. The zero-order valence-electron chi connectivity index (χ0n) is 20.3. The molecule has 0 aliphatic carbocycles. The Morgan fingerprint density at radius 2 is 1.68 bits per heavy atom. The normalized spacial score (nSPS) is 10.4. The Labute approximate surface area is 214 Å². The summed E-state index contributed by atoms with van der Waals surface area (Å²) in [6, 6.07) is 22.3. The van der Waals surface area contributed by atoms with E-state index in [1.807, 2.05) is 18.2 Å². The van der Waals surface area contributed by atoms with Crippen LogP contribution in [0.25, 0.3) is 6.08 Å². The first kappa shape index (κ1) is 25.0. The van der Waals surface area contributed by atoms with Gasteiger partial charge in [0, 0.05) is 29.5 Å². The van der Waals surface area contributed by atoms with Crippen LogP contribution in [-0.2, 0) is 6.54 Å². The molecule has 0 saturated heterocycles. The number of nitrogens with one attached hydrogen (secondary N) is 3. The predicted molar refractivity (Wildman–Crippen MR) is 147 cm³/mol. The van der Waals surface area contributed by atoms with Crippen molar-refractivity contribution in [2.75, 3.05) is 23.4 Å². The van der Waals surface area contributed by atoms with Crippen LogP contribution in [0.3, 0.4) is 0 Å². The van der Waals surface area contributed by atoms with Gasteiger partial charge >= 0.3 is 0 Å². The van der Waals surface area contributed by atoms with E-state index in [1.165, 1.54) is 6.07 Å². The molecule has 0 unspecified atom stereocenters. The molecule has 186 valence electrons. The Hall–Kier alpha value is -5.11. The van der Waals surface area contributed by atoms with Gasteiger partial charge in [0.15, 0.2) is 0 Å². The van der Waals surface area contributed by atoms with Gasteiger partial charge in [-0.25, -0.2) is 0 Å². The van der Waals surface area contributed by atoms with Crippen LogP contribution in [0.5, 0.6) is 0 Å². The Morgan fingerprint density at radius 3 is 2.32 bits per heavy atom. The lowest BCUT2D eigenvalue weighted by atomic mass is 10.1. The number of rotatable bonds is 8. The number of carbonyl (C=O) groups excluding carboxylic acids is 2. The lowest BCUT2D eigenvalue weighted by Crippen LogP contribution is -2.26. The second-order valence-electron chi connectivity index (χ2n) is 8.40. The van der Waals surface area contributed by atoms with Gasteiger partial charge in [0.25, 0.3) is 11.8 Å². The van der Waals surface area contributed by atoms with Gasteiger partial charge in [0.05, 0.1) is 24.1 Å². The fourth-order valence-corrected chi connectivity index (χ4v) is 3.67. The highest BCUT2D eigenvalue weighted by atomic mass is 16.3. The Bertz CT molecular complexity index is 1430. The standard InChI is InChI=1S/C29H27N5O3/c1-3-19-6-13-23(14-7-19)32-29(36)25-17-22(30)12-15-26(25)33-28(35)21-10-8-20(9-11-21)27(31)34(2)18-24-5-4-16-37-24/h3-17,31H,1,18,30H2,2H3,(H,32,36)(H,33,35). The summed E-state index contributed by atoms with van der Waals surface area (Å²) >= 11 is 0. The summed E-state index contributed by atoms with van der Waals surface area (Å²) in [4.78, 5) is 27.7. The van der Waals surface area contributed by atoms with Gasteiger partial charge in [-0.05, 0) is 60.2 Å². The molecule has 37 heavy (non-hydrogen) atoms. The maximum atomic E-state index is 13.0. The second-order valence-corrected chi connectivity index (χ2v) is 8.40. The molecule has 1 heterocycles. The van der Waals surface area contributed by atoms with E-state index < -0.39 is 11.8 Å². The van der Waals surface area contributed by atoms with Crippen molar-refractivity contribution in [1.29, 1.82) is 5.41 Å². The summed E-state index contributed by atoms with van der Waals surface area (Å²) in [7, 11) is 1.80. The van der Waals surface area contributed by atoms with Crippen LogP contribution in [0, 0.1) is 5.41 Å². The maximum Gasteiger partial charge on any atom is 0.257 e. The fourth-order valence-electron chi connectivity index (χ4n) is 3.67. The molecule has 0 fully saturated rings. The van der Waals surface area contributed by atoms with E-state index in [0.717, 1.165) is 11.3 Å². The summed E-state index contributed by atoms with van der Waals surface area (Å²) in [6.45, 7) is 4.17. The summed E-state index contributed by atoms with van der Waals surface area (Å²) in [5.41, 5.74) is 9.44. The van der Waals surface area contributed by atoms with Gasteiger partial charge < -0.3 is 25.7 Å². The molecular weight excluding hydrogens is 466 g/mol. The van der Waals surface area contributed by atoms with Gasteiger partial charge in [0.2, 0.25) is 0 Å². The van der Waals surface area contributed by atoms with Crippen molar-refractivity contribution < 1.29 is 14.0 Å². The molecule has 1 aromatic heterocycles. The van der Waals surface area contributed by atoms with Gasteiger partial charge in [-0.2, -0.15) is 0 Å².